The van der Waals surface area contributed by atoms with Crippen molar-refractivity contribution < 1.29 is 4.79 Å². The zero-order chi connectivity index (χ0) is 15.4. The fourth-order valence-corrected chi connectivity index (χ4v) is 3.00. The van der Waals surface area contributed by atoms with Crippen LogP contribution < -0.4 is 5.32 Å². The van der Waals surface area contributed by atoms with Crippen molar-refractivity contribution in [1.82, 2.24) is 9.80 Å². The number of piperidine rings is 1. The third-order valence-corrected chi connectivity index (χ3v) is 4.43. The summed E-state index contributed by atoms with van der Waals surface area (Å²) in [6.07, 6.45) is 2.31. The van der Waals surface area contributed by atoms with Crippen LogP contribution in [0.15, 0.2) is 18.2 Å². The molecular formula is C16H24ClN3O. The summed E-state index contributed by atoms with van der Waals surface area (Å²) in [5.41, 5.74) is 1.46. The Hall–Kier alpha value is -1.26. The smallest absolute Gasteiger partial charge is 0.255 e. The molecule has 4 nitrogen and oxygen atoms in total. The van der Waals surface area contributed by atoms with E-state index in [0.717, 1.165) is 38.2 Å². The van der Waals surface area contributed by atoms with Gasteiger partial charge in [0.05, 0.1) is 5.56 Å². The van der Waals surface area contributed by atoms with Gasteiger partial charge in [-0.05, 0) is 57.1 Å². The van der Waals surface area contributed by atoms with E-state index >= 15 is 0 Å². The lowest BCUT2D eigenvalue weighted by molar-refractivity contribution is 0.0748. The maximum Gasteiger partial charge on any atom is 0.255 e. The van der Waals surface area contributed by atoms with E-state index in [2.05, 4.69) is 17.3 Å². The van der Waals surface area contributed by atoms with Gasteiger partial charge in [-0.2, -0.15) is 0 Å². The van der Waals surface area contributed by atoms with E-state index in [9.17, 15) is 4.79 Å². The van der Waals surface area contributed by atoms with Crippen LogP contribution in [0.4, 0.5) is 5.69 Å². The number of hydrogen-bond donors (Lipinski definition) is 1. The van der Waals surface area contributed by atoms with Crippen LogP contribution in [-0.4, -0.2) is 56.5 Å². The van der Waals surface area contributed by atoms with Crippen molar-refractivity contribution in [3.8, 4) is 0 Å². The molecule has 0 spiro atoms. The lowest BCUT2D eigenvalue weighted by atomic mass is 9.96. The predicted octanol–water partition coefficient (Wildman–Crippen LogP) is 2.80. The Morgan fingerprint density at radius 3 is 2.71 bits per heavy atom. The van der Waals surface area contributed by atoms with Crippen LogP contribution in [0.1, 0.15) is 23.2 Å². The zero-order valence-corrected chi connectivity index (χ0v) is 13.8. The zero-order valence-electron chi connectivity index (χ0n) is 13.0. The van der Waals surface area contributed by atoms with Gasteiger partial charge in [-0.1, -0.05) is 11.6 Å². The first-order valence-electron chi connectivity index (χ1n) is 7.42. The van der Waals surface area contributed by atoms with Gasteiger partial charge in [-0.25, -0.2) is 0 Å². The van der Waals surface area contributed by atoms with Crippen LogP contribution in [0.2, 0.25) is 5.02 Å². The van der Waals surface area contributed by atoms with Crippen LogP contribution in [0.25, 0.3) is 0 Å². The SMILES string of the molecule is CNc1ccc(Cl)cc1C(=O)N(C)CC1CCN(C)CC1. The molecule has 21 heavy (non-hydrogen) atoms. The Kier molecular flexibility index (Phi) is 5.48. The van der Waals surface area contributed by atoms with Crippen molar-refractivity contribution >= 4 is 23.2 Å². The maximum atomic E-state index is 12.6. The van der Waals surface area contributed by atoms with E-state index in [0.29, 0.717) is 16.5 Å². The number of halogens is 1. The van der Waals surface area contributed by atoms with Crippen LogP contribution in [0.3, 0.4) is 0 Å². The molecule has 0 radical (unpaired) electrons. The lowest BCUT2D eigenvalue weighted by Gasteiger charge is -2.31. The van der Waals surface area contributed by atoms with Gasteiger partial charge in [0.1, 0.15) is 0 Å². The number of likely N-dealkylation sites (tertiary alicyclic amines) is 1. The third kappa shape index (κ3) is 4.11. The third-order valence-electron chi connectivity index (χ3n) is 4.20. The second kappa shape index (κ2) is 7.14. The normalized spacial score (nSPS) is 16.8. The molecule has 1 aromatic carbocycles. The standard InChI is InChI=1S/C16H24ClN3O/c1-18-15-5-4-13(17)10-14(15)16(21)20(3)11-12-6-8-19(2)9-7-12/h4-5,10,12,18H,6-9,11H2,1-3H3. The number of nitrogens with one attached hydrogen (secondary N) is 1. The molecule has 0 aliphatic carbocycles. The first-order chi connectivity index (χ1) is 10.0. The Morgan fingerprint density at radius 2 is 2.10 bits per heavy atom. The summed E-state index contributed by atoms with van der Waals surface area (Å²) in [7, 11) is 5.84. The van der Waals surface area contributed by atoms with E-state index in [1.54, 1.807) is 12.1 Å². The molecule has 0 saturated carbocycles. The Labute approximate surface area is 132 Å². The first kappa shape index (κ1) is 16.1. The Morgan fingerprint density at radius 1 is 1.43 bits per heavy atom. The average Bonchev–Trinajstić information content (AvgIpc) is 2.48. The van der Waals surface area contributed by atoms with E-state index in [1.807, 2.05) is 25.1 Å². The van der Waals surface area contributed by atoms with Gasteiger partial charge in [-0.3, -0.25) is 4.79 Å². The molecular weight excluding hydrogens is 286 g/mol. The number of carbonyl (C=O) groups is 1. The molecule has 0 unspecified atom stereocenters. The first-order valence-corrected chi connectivity index (χ1v) is 7.80. The summed E-state index contributed by atoms with van der Waals surface area (Å²) >= 11 is 6.03. The molecule has 5 heteroatoms. The molecule has 0 atom stereocenters. The van der Waals surface area contributed by atoms with Crippen LogP contribution in [0.5, 0.6) is 0 Å². The highest BCUT2D eigenvalue weighted by atomic mass is 35.5. The highest BCUT2D eigenvalue weighted by Gasteiger charge is 2.22. The molecule has 0 bridgehead atoms. The highest BCUT2D eigenvalue weighted by Crippen LogP contribution is 2.23. The van der Waals surface area contributed by atoms with Gasteiger partial charge < -0.3 is 15.1 Å². The molecule has 0 aromatic heterocycles. The summed E-state index contributed by atoms with van der Waals surface area (Å²) in [5, 5.41) is 3.64. The minimum Gasteiger partial charge on any atom is -0.387 e. The summed E-state index contributed by atoms with van der Waals surface area (Å²) in [6.45, 7) is 3.04. The number of hydrogen-bond acceptors (Lipinski definition) is 3. The topological polar surface area (TPSA) is 35.6 Å². The van der Waals surface area contributed by atoms with Crippen LogP contribution in [0, 0.1) is 5.92 Å². The molecule has 1 aromatic rings. The number of anilines is 1. The van der Waals surface area contributed by atoms with Gasteiger partial charge in [-0.15, -0.1) is 0 Å². The van der Waals surface area contributed by atoms with Crippen LogP contribution in [-0.2, 0) is 0 Å². The molecule has 2 rings (SSSR count). The number of amides is 1. The molecule has 1 saturated heterocycles. The largest absolute Gasteiger partial charge is 0.387 e. The quantitative estimate of drug-likeness (QED) is 0.929. The lowest BCUT2D eigenvalue weighted by Crippen LogP contribution is -2.38. The monoisotopic (exact) mass is 309 g/mol. The van der Waals surface area contributed by atoms with Gasteiger partial charge in [0.15, 0.2) is 0 Å². The van der Waals surface area contributed by atoms with E-state index in [1.165, 1.54) is 0 Å². The molecule has 1 heterocycles. The summed E-state index contributed by atoms with van der Waals surface area (Å²) in [4.78, 5) is 16.8. The van der Waals surface area contributed by atoms with E-state index < -0.39 is 0 Å². The molecule has 1 N–H and O–H groups in total. The highest BCUT2D eigenvalue weighted by molar-refractivity contribution is 6.31. The van der Waals surface area contributed by atoms with Gasteiger partial charge in [0, 0.05) is 31.4 Å². The Bertz CT molecular complexity index is 498. The van der Waals surface area contributed by atoms with Crippen molar-refractivity contribution in [1.29, 1.82) is 0 Å². The number of carbonyl (C=O) groups excluding carboxylic acids is 1. The van der Waals surface area contributed by atoms with Crippen molar-refractivity contribution in [3.05, 3.63) is 28.8 Å². The van der Waals surface area contributed by atoms with E-state index in [-0.39, 0.29) is 5.91 Å². The van der Waals surface area contributed by atoms with Crippen LogP contribution >= 0.6 is 11.6 Å². The second-order valence-corrected chi connectivity index (χ2v) is 6.31. The molecule has 1 aliphatic heterocycles. The molecule has 1 aliphatic rings. The number of benzene rings is 1. The summed E-state index contributed by atoms with van der Waals surface area (Å²) < 4.78 is 0. The van der Waals surface area contributed by atoms with Gasteiger partial charge in [0.25, 0.3) is 5.91 Å². The van der Waals surface area contributed by atoms with Crippen molar-refractivity contribution in [2.24, 2.45) is 5.92 Å². The van der Waals surface area contributed by atoms with Gasteiger partial charge in [0.2, 0.25) is 0 Å². The Balaban J connectivity index is 2.03. The molecule has 1 fully saturated rings. The van der Waals surface area contributed by atoms with Gasteiger partial charge >= 0.3 is 0 Å². The van der Waals surface area contributed by atoms with Crippen molar-refractivity contribution in [2.75, 3.05) is 46.1 Å². The fourth-order valence-electron chi connectivity index (χ4n) is 2.83. The number of nitrogens with zero attached hydrogens (tertiary/aromatic N) is 2. The predicted molar refractivity (Wildman–Crippen MR) is 88.2 cm³/mol. The van der Waals surface area contributed by atoms with Crippen molar-refractivity contribution in [2.45, 2.75) is 12.8 Å². The maximum absolute atomic E-state index is 12.6. The van der Waals surface area contributed by atoms with E-state index in [4.69, 9.17) is 11.6 Å². The molecule has 116 valence electrons. The second-order valence-electron chi connectivity index (χ2n) is 5.87. The minimum atomic E-state index is 0.0285. The molecule has 1 amide bonds. The minimum absolute atomic E-state index is 0.0285. The summed E-state index contributed by atoms with van der Waals surface area (Å²) in [5.74, 6) is 0.619. The fraction of sp³-hybridized carbons (Fsp3) is 0.562. The summed E-state index contributed by atoms with van der Waals surface area (Å²) in [6, 6.07) is 5.38. The average molecular weight is 310 g/mol. The number of rotatable bonds is 4. The van der Waals surface area contributed by atoms with Crippen molar-refractivity contribution in [3.63, 3.8) is 0 Å².